The fourth-order valence-corrected chi connectivity index (χ4v) is 2.56. The van der Waals surface area contributed by atoms with E-state index in [-0.39, 0.29) is 0 Å². The van der Waals surface area contributed by atoms with E-state index in [1.807, 2.05) is 0 Å². The molecule has 1 aliphatic rings. The molecule has 1 aromatic carbocycles. The van der Waals surface area contributed by atoms with Crippen LogP contribution in [0.5, 0.6) is 0 Å². The van der Waals surface area contributed by atoms with Gasteiger partial charge in [0, 0.05) is 16.2 Å². The molecule has 0 saturated heterocycles. The third kappa shape index (κ3) is 3.95. The maximum Gasteiger partial charge on any atom is 0.0130 e. The first-order chi connectivity index (χ1) is 8.49. The smallest absolute Gasteiger partial charge is 0.0130 e. The number of halogens is 1. The van der Waals surface area contributed by atoms with E-state index < -0.39 is 0 Å². The summed E-state index contributed by atoms with van der Waals surface area (Å²) in [5, 5.41) is 3.71. The molecule has 0 radical (unpaired) electrons. The van der Waals surface area contributed by atoms with Crippen LogP contribution in [0, 0.1) is 14.9 Å². The number of hydrogen-bond donors (Lipinski definition) is 1. The Morgan fingerprint density at radius 3 is 2.39 bits per heavy atom. The number of rotatable bonds is 6. The van der Waals surface area contributed by atoms with Crippen molar-refractivity contribution in [3.63, 3.8) is 0 Å². The molecule has 1 saturated carbocycles. The molecule has 2 heteroatoms. The van der Waals surface area contributed by atoms with Gasteiger partial charge in [0.1, 0.15) is 0 Å². The first kappa shape index (κ1) is 14.3. The maximum absolute atomic E-state index is 3.71. The molecule has 1 N–H and O–H groups in total. The Morgan fingerprint density at radius 1 is 1.28 bits per heavy atom. The average molecular weight is 357 g/mol. The highest BCUT2D eigenvalue weighted by Crippen LogP contribution is 2.32. The number of nitrogens with one attached hydrogen (secondary N) is 1. The van der Waals surface area contributed by atoms with Gasteiger partial charge < -0.3 is 5.32 Å². The van der Waals surface area contributed by atoms with Gasteiger partial charge in [0.25, 0.3) is 0 Å². The minimum atomic E-state index is 0.357. The highest BCUT2D eigenvalue weighted by molar-refractivity contribution is 14.1. The van der Waals surface area contributed by atoms with Crippen molar-refractivity contribution >= 4 is 22.6 Å². The molecule has 1 atom stereocenters. The third-order valence-electron chi connectivity index (χ3n) is 4.29. The maximum atomic E-state index is 3.71. The van der Waals surface area contributed by atoms with Gasteiger partial charge in [0.15, 0.2) is 0 Å². The highest BCUT2D eigenvalue weighted by Gasteiger charge is 2.31. The summed E-state index contributed by atoms with van der Waals surface area (Å²) >= 11 is 2.37. The van der Waals surface area contributed by atoms with Crippen molar-refractivity contribution in [1.29, 1.82) is 0 Å². The van der Waals surface area contributed by atoms with Gasteiger partial charge >= 0.3 is 0 Å². The van der Waals surface area contributed by atoms with Crippen LogP contribution >= 0.6 is 22.6 Å². The molecule has 1 fully saturated rings. The first-order valence-electron chi connectivity index (χ1n) is 6.97. The van der Waals surface area contributed by atoms with Crippen molar-refractivity contribution in [3.05, 3.63) is 33.4 Å². The summed E-state index contributed by atoms with van der Waals surface area (Å²) in [5.41, 5.74) is 1.82. The Hall–Kier alpha value is -0.0900. The summed E-state index contributed by atoms with van der Waals surface area (Å²) in [4.78, 5) is 0. The molecule has 0 bridgehead atoms. The lowest BCUT2D eigenvalue weighted by Crippen LogP contribution is -2.38. The molecular formula is C16H24IN. The lowest BCUT2D eigenvalue weighted by Gasteiger charge is -2.34. The molecular weight excluding hydrogens is 333 g/mol. The number of hydrogen-bond acceptors (Lipinski definition) is 1. The van der Waals surface area contributed by atoms with Crippen LogP contribution in [0.1, 0.15) is 39.2 Å². The van der Waals surface area contributed by atoms with Crippen LogP contribution in [0.3, 0.4) is 0 Å². The minimum absolute atomic E-state index is 0.357. The molecule has 1 aromatic rings. The Morgan fingerprint density at radius 2 is 1.89 bits per heavy atom. The van der Waals surface area contributed by atoms with E-state index in [9.17, 15) is 0 Å². The first-order valence-corrected chi connectivity index (χ1v) is 8.05. The average Bonchev–Trinajstić information content (AvgIpc) is 3.13. The third-order valence-corrected chi connectivity index (χ3v) is 5.01. The van der Waals surface area contributed by atoms with E-state index in [1.165, 1.54) is 28.4 Å². The second-order valence-corrected chi connectivity index (χ2v) is 7.51. The zero-order valence-electron chi connectivity index (χ0n) is 11.7. The molecule has 18 heavy (non-hydrogen) atoms. The summed E-state index contributed by atoms with van der Waals surface area (Å²) in [6, 6.07) is 9.79. The van der Waals surface area contributed by atoms with Crippen molar-refractivity contribution in [3.8, 4) is 0 Å². The molecule has 0 spiro atoms. The van der Waals surface area contributed by atoms with Crippen LogP contribution in [0.25, 0.3) is 0 Å². The van der Waals surface area contributed by atoms with E-state index in [0.29, 0.717) is 11.3 Å². The summed E-state index contributed by atoms with van der Waals surface area (Å²) in [6.07, 6.45) is 3.91. The largest absolute Gasteiger partial charge is 0.313 e. The Bertz CT molecular complexity index is 381. The van der Waals surface area contributed by atoms with Gasteiger partial charge in [-0.2, -0.15) is 0 Å². The molecule has 2 rings (SSSR count). The van der Waals surface area contributed by atoms with E-state index in [0.717, 1.165) is 12.6 Å². The standard InChI is InChI=1S/C16H24IN/c1-12(2)16(3,11-18-15-8-9-15)10-13-4-6-14(17)7-5-13/h4-7,12,15,18H,8-11H2,1-3H3. The van der Waals surface area contributed by atoms with Gasteiger partial charge in [0.2, 0.25) is 0 Å². The molecule has 1 unspecified atom stereocenters. The highest BCUT2D eigenvalue weighted by atomic mass is 127. The van der Waals surface area contributed by atoms with Crippen molar-refractivity contribution < 1.29 is 0 Å². The predicted molar refractivity (Wildman–Crippen MR) is 86.8 cm³/mol. The number of benzene rings is 1. The minimum Gasteiger partial charge on any atom is -0.313 e. The quantitative estimate of drug-likeness (QED) is 0.751. The van der Waals surface area contributed by atoms with Crippen molar-refractivity contribution in [2.45, 2.75) is 46.1 Å². The fourth-order valence-electron chi connectivity index (χ4n) is 2.20. The molecule has 0 aliphatic heterocycles. The van der Waals surface area contributed by atoms with Gasteiger partial charge in [-0.3, -0.25) is 0 Å². The van der Waals surface area contributed by atoms with Crippen molar-refractivity contribution in [2.24, 2.45) is 11.3 Å². The lowest BCUT2D eigenvalue weighted by molar-refractivity contribution is 0.206. The molecule has 1 aliphatic carbocycles. The van der Waals surface area contributed by atoms with Crippen LogP contribution in [-0.2, 0) is 6.42 Å². The summed E-state index contributed by atoms with van der Waals surface area (Å²) < 4.78 is 1.32. The van der Waals surface area contributed by atoms with Gasteiger partial charge in [-0.05, 0) is 70.9 Å². The Labute approximate surface area is 125 Å². The zero-order valence-corrected chi connectivity index (χ0v) is 13.8. The summed E-state index contributed by atoms with van der Waals surface area (Å²) in [6.45, 7) is 8.26. The van der Waals surface area contributed by atoms with Gasteiger partial charge in [-0.15, -0.1) is 0 Å². The zero-order chi connectivity index (χ0) is 13.2. The topological polar surface area (TPSA) is 12.0 Å². The van der Waals surface area contributed by atoms with Gasteiger partial charge in [0.05, 0.1) is 0 Å². The SMILES string of the molecule is CC(C)C(C)(CNC1CC1)Cc1ccc(I)cc1. The van der Waals surface area contributed by atoms with Gasteiger partial charge in [-0.1, -0.05) is 32.9 Å². The molecule has 0 amide bonds. The van der Waals surface area contributed by atoms with Crippen LogP contribution in [0.4, 0.5) is 0 Å². The van der Waals surface area contributed by atoms with E-state index >= 15 is 0 Å². The molecule has 0 aromatic heterocycles. The summed E-state index contributed by atoms with van der Waals surface area (Å²) in [5.74, 6) is 0.697. The van der Waals surface area contributed by atoms with E-state index in [2.05, 4.69) is 72.9 Å². The molecule has 1 nitrogen and oxygen atoms in total. The molecule has 100 valence electrons. The monoisotopic (exact) mass is 357 g/mol. The lowest BCUT2D eigenvalue weighted by atomic mass is 9.74. The fraction of sp³-hybridized carbons (Fsp3) is 0.625. The van der Waals surface area contributed by atoms with E-state index in [4.69, 9.17) is 0 Å². The normalized spacial score (nSPS) is 18.9. The van der Waals surface area contributed by atoms with E-state index in [1.54, 1.807) is 0 Å². The van der Waals surface area contributed by atoms with Crippen molar-refractivity contribution in [2.75, 3.05) is 6.54 Å². The predicted octanol–water partition coefficient (Wildman–Crippen LogP) is 4.25. The Kier molecular flexibility index (Phi) is 4.70. The van der Waals surface area contributed by atoms with Crippen LogP contribution < -0.4 is 5.32 Å². The molecule has 0 heterocycles. The van der Waals surface area contributed by atoms with Crippen LogP contribution in [-0.4, -0.2) is 12.6 Å². The Balaban J connectivity index is 2.01. The van der Waals surface area contributed by atoms with Gasteiger partial charge in [-0.25, -0.2) is 0 Å². The van der Waals surface area contributed by atoms with Crippen LogP contribution in [0.2, 0.25) is 0 Å². The van der Waals surface area contributed by atoms with Crippen LogP contribution in [0.15, 0.2) is 24.3 Å². The van der Waals surface area contributed by atoms with Crippen molar-refractivity contribution in [1.82, 2.24) is 5.32 Å². The second-order valence-electron chi connectivity index (χ2n) is 6.27. The second kappa shape index (κ2) is 5.91. The summed E-state index contributed by atoms with van der Waals surface area (Å²) in [7, 11) is 0.